The highest BCUT2D eigenvalue weighted by Crippen LogP contribution is 2.30. The number of hydrogen-bond acceptors (Lipinski definition) is 5. The Kier molecular flexibility index (Phi) is 5.92. The Labute approximate surface area is 155 Å². The van der Waals surface area contributed by atoms with E-state index < -0.39 is 17.8 Å². The van der Waals surface area contributed by atoms with Crippen LogP contribution >= 0.6 is 0 Å². The van der Waals surface area contributed by atoms with Gasteiger partial charge in [0, 0.05) is 25.8 Å². The molecule has 2 rings (SSSR count). The molecule has 1 amide bonds. The molecule has 0 unspecified atom stereocenters. The number of carbonyl (C=O) groups is 1. The highest BCUT2D eigenvalue weighted by Gasteiger charge is 2.34. The molecule has 6 nitrogen and oxygen atoms in total. The van der Waals surface area contributed by atoms with Crippen molar-refractivity contribution < 1.29 is 18.0 Å². The van der Waals surface area contributed by atoms with Gasteiger partial charge in [-0.2, -0.15) is 18.2 Å². The topological polar surface area (TPSA) is 70.2 Å². The highest BCUT2D eigenvalue weighted by molar-refractivity contribution is 5.95. The summed E-state index contributed by atoms with van der Waals surface area (Å²) >= 11 is 0. The minimum absolute atomic E-state index is 0.0884. The van der Waals surface area contributed by atoms with E-state index in [9.17, 15) is 18.0 Å². The van der Waals surface area contributed by atoms with E-state index in [2.05, 4.69) is 20.6 Å². The van der Waals surface area contributed by atoms with Crippen molar-refractivity contribution >= 4 is 23.4 Å². The summed E-state index contributed by atoms with van der Waals surface area (Å²) in [5, 5.41) is 5.33. The van der Waals surface area contributed by atoms with Gasteiger partial charge in [-0.1, -0.05) is 17.7 Å². The number of carbonyl (C=O) groups excluding carboxylic acids is 1. The summed E-state index contributed by atoms with van der Waals surface area (Å²) in [6.07, 6.45) is -4.61. The van der Waals surface area contributed by atoms with Gasteiger partial charge in [0.15, 0.2) is 5.69 Å². The Morgan fingerprint density at radius 1 is 1.07 bits per heavy atom. The predicted molar refractivity (Wildman–Crippen MR) is 99.1 cm³/mol. The van der Waals surface area contributed by atoms with Gasteiger partial charge in [-0.05, 0) is 31.9 Å². The Morgan fingerprint density at radius 3 is 2.19 bits per heavy atom. The van der Waals surface area contributed by atoms with Gasteiger partial charge in [0.2, 0.25) is 11.9 Å². The number of benzene rings is 1. The predicted octanol–water partition coefficient (Wildman–Crippen LogP) is 3.54. The number of anilines is 3. The van der Waals surface area contributed by atoms with Gasteiger partial charge in [0.05, 0.1) is 6.54 Å². The van der Waals surface area contributed by atoms with Gasteiger partial charge < -0.3 is 15.5 Å². The first-order valence-corrected chi connectivity index (χ1v) is 8.22. The zero-order valence-electron chi connectivity index (χ0n) is 15.8. The summed E-state index contributed by atoms with van der Waals surface area (Å²) in [5.41, 5.74) is 2.51. The van der Waals surface area contributed by atoms with Crippen molar-refractivity contribution in [2.75, 3.05) is 36.2 Å². The number of hydrogen-bond donors (Lipinski definition) is 2. The molecule has 0 saturated carbocycles. The van der Waals surface area contributed by atoms with E-state index in [1.54, 1.807) is 14.1 Å². The fourth-order valence-electron chi connectivity index (χ4n) is 2.61. The van der Waals surface area contributed by atoms with Crippen LogP contribution in [0.5, 0.6) is 0 Å². The molecule has 2 N–H and O–H groups in total. The number of alkyl halides is 3. The highest BCUT2D eigenvalue weighted by atomic mass is 19.4. The molecule has 146 valence electrons. The molecule has 0 bridgehead atoms. The second-order valence-electron chi connectivity index (χ2n) is 6.50. The number of rotatable bonds is 5. The number of halogens is 3. The van der Waals surface area contributed by atoms with E-state index in [1.807, 2.05) is 32.9 Å². The standard InChI is InChI=1S/C18H22F3N5O/c1-10-6-11(2)16(12(3)7-10)25-15(27)9-22-17-23-13(18(19,20)21)8-14(24-17)26(4)5/h6-8H,9H2,1-5H3,(H,25,27)(H,22,23,24). The summed E-state index contributed by atoms with van der Waals surface area (Å²) in [4.78, 5) is 21.1. The minimum atomic E-state index is -4.61. The number of nitrogens with zero attached hydrogens (tertiary/aromatic N) is 3. The smallest absolute Gasteiger partial charge is 0.363 e. The maximum Gasteiger partial charge on any atom is 0.433 e. The van der Waals surface area contributed by atoms with Crippen LogP contribution in [0.4, 0.5) is 30.6 Å². The lowest BCUT2D eigenvalue weighted by atomic mass is 10.1. The lowest BCUT2D eigenvalue weighted by Gasteiger charge is -2.16. The van der Waals surface area contributed by atoms with E-state index in [0.29, 0.717) is 5.69 Å². The molecule has 27 heavy (non-hydrogen) atoms. The van der Waals surface area contributed by atoms with Crippen LogP contribution in [0.3, 0.4) is 0 Å². The molecule has 0 fully saturated rings. The van der Waals surface area contributed by atoms with E-state index >= 15 is 0 Å². The quantitative estimate of drug-likeness (QED) is 0.829. The van der Waals surface area contributed by atoms with Gasteiger partial charge in [-0.15, -0.1) is 0 Å². The Bertz CT molecular complexity index is 826. The zero-order chi connectivity index (χ0) is 20.4. The van der Waals surface area contributed by atoms with Gasteiger partial charge in [0.25, 0.3) is 0 Å². The summed E-state index contributed by atoms with van der Waals surface area (Å²) < 4.78 is 39.0. The van der Waals surface area contributed by atoms with E-state index in [0.717, 1.165) is 22.8 Å². The van der Waals surface area contributed by atoms with Gasteiger partial charge in [-0.25, -0.2) is 4.98 Å². The average molecular weight is 381 g/mol. The fraction of sp³-hybridized carbons (Fsp3) is 0.389. The first-order chi connectivity index (χ1) is 12.5. The average Bonchev–Trinajstić information content (AvgIpc) is 2.55. The number of aromatic nitrogens is 2. The van der Waals surface area contributed by atoms with Crippen molar-refractivity contribution in [1.82, 2.24) is 9.97 Å². The van der Waals surface area contributed by atoms with Crippen LogP contribution in [-0.2, 0) is 11.0 Å². The molecule has 0 aliphatic carbocycles. The van der Waals surface area contributed by atoms with Crippen molar-refractivity contribution in [1.29, 1.82) is 0 Å². The second-order valence-corrected chi connectivity index (χ2v) is 6.50. The van der Waals surface area contributed by atoms with E-state index in [-0.39, 0.29) is 18.3 Å². The number of amides is 1. The molecule has 0 aliphatic heterocycles. The van der Waals surface area contributed by atoms with Crippen LogP contribution in [0.15, 0.2) is 18.2 Å². The van der Waals surface area contributed by atoms with E-state index in [1.165, 1.54) is 4.90 Å². The van der Waals surface area contributed by atoms with Crippen molar-refractivity contribution in [3.8, 4) is 0 Å². The van der Waals surface area contributed by atoms with Gasteiger partial charge >= 0.3 is 6.18 Å². The number of nitrogens with one attached hydrogen (secondary N) is 2. The molecule has 1 aromatic heterocycles. The lowest BCUT2D eigenvalue weighted by molar-refractivity contribution is -0.141. The fourth-order valence-corrected chi connectivity index (χ4v) is 2.61. The third-order valence-corrected chi connectivity index (χ3v) is 3.81. The molecule has 0 atom stereocenters. The third kappa shape index (κ3) is 5.32. The summed E-state index contributed by atoms with van der Waals surface area (Å²) in [5.74, 6) is -0.580. The molecule has 0 radical (unpaired) electrons. The maximum atomic E-state index is 13.0. The third-order valence-electron chi connectivity index (χ3n) is 3.81. The first-order valence-electron chi connectivity index (χ1n) is 8.22. The van der Waals surface area contributed by atoms with Gasteiger partial charge in [-0.3, -0.25) is 4.79 Å². The lowest BCUT2D eigenvalue weighted by Crippen LogP contribution is -2.24. The van der Waals surface area contributed by atoms with Crippen molar-refractivity contribution in [3.05, 3.63) is 40.6 Å². The molecule has 1 heterocycles. The summed E-state index contributed by atoms with van der Waals surface area (Å²) in [6, 6.07) is 4.73. The second kappa shape index (κ2) is 7.81. The van der Waals surface area contributed by atoms with Crippen LogP contribution in [0.1, 0.15) is 22.4 Å². The molecule has 1 aromatic carbocycles. The van der Waals surface area contributed by atoms with Crippen LogP contribution in [-0.4, -0.2) is 36.5 Å². The maximum absolute atomic E-state index is 13.0. The molecule has 2 aromatic rings. The number of aryl methyl sites for hydroxylation is 3. The zero-order valence-corrected chi connectivity index (χ0v) is 15.8. The van der Waals surface area contributed by atoms with Crippen LogP contribution in [0.25, 0.3) is 0 Å². The molecule has 9 heteroatoms. The summed E-state index contributed by atoms with van der Waals surface area (Å²) in [7, 11) is 3.14. The Hall–Kier alpha value is -2.84. The summed E-state index contributed by atoms with van der Waals surface area (Å²) in [6.45, 7) is 5.45. The molecule has 0 spiro atoms. The first kappa shape index (κ1) is 20.5. The van der Waals surface area contributed by atoms with Crippen LogP contribution < -0.4 is 15.5 Å². The molecular formula is C18H22F3N5O. The van der Waals surface area contributed by atoms with Gasteiger partial charge in [0.1, 0.15) is 5.82 Å². The van der Waals surface area contributed by atoms with E-state index in [4.69, 9.17) is 0 Å². The van der Waals surface area contributed by atoms with Crippen molar-refractivity contribution in [2.24, 2.45) is 0 Å². The van der Waals surface area contributed by atoms with Crippen molar-refractivity contribution in [3.63, 3.8) is 0 Å². The van der Waals surface area contributed by atoms with Crippen LogP contribution in [0.2, 0.25) is 0 Å². The SMILES string of the molecule is Cc1cc(C)c(NC(=O)CNc2nc(N(C)C)cc(C(F)(F)F)n2)c(C)c1. The van der Waals surface area contributed by atoms with Crippen LogP contribution in [0, 0.1) is 20.8 Å². The molecule has 0 aliphatic rings. The minimum Gasteiger partial charge on any atom is -0.363 e. The monoisotopic (exact) mass is 381 g/mol. The Balaban J connectivity index is 2.14. The van der Waals surface area contributed by atoms with Crippen molar-refractivity contribution in [2.45, 2.75) is 26.9 Å². The normalized spacial score (nSPS) is 11.3. The molecule has 0 saturated heterocycles. The largest absolute Gasteiger partial charge is 0.433 e. The Morgan fingerprint density at radius 2 is 1.67 bits per heavy atom. The molecular weight excluding hydrogens is 359 g/mol.